The highest BCUT2D eigenvalue weighted by molar-refractivity contribution is 5.91. The molecule has 2 amide bonds. The molecule has 1 aliphatic heterocycles. The van der Waals surface area contributed by atoms with Crippen LogP contribution >= 0.6 is 0 Å². The van der Waals surface area contributed by atoms with E-state index < -0.39 is 12.0 Å². The summed E-state index contributed by atoms with van der Waals surface area (Å²) in [5, 5.41) is 10.8. The van der Waals surface area contributed by atoms with Crippen molar-refractivity contribution in [3.05, 3.63) is 114 Å². The van der Waals surface area contributed by atoms with Crippen LogP contribution in [-0.2, 0) is 33.6 Å². The third-order valence-corrected chi connectivity index (χ3v) is 8.50. The molecule has 0 saturated carbocycles. The molecular weight excluding hydrogens is 550 g/mol. The van der Waals surface area contributed by atoms with E-state index in [9.17, 15) is 9.59 Å². The van der Waals surface area contributed by atoms with Crippen molar-refractivity contribution in [1.82, 2.24) is 25.5 Å². The lowest BCUT2D eigenvalue weighted by Gasteiger charge is -2.27. The number of carbonyl (C=O) groups is 2. The molecule has 1 fully saturated rings. The number of nitrogens with zero attached hydrogens (tertiary/aromatic N) is 2. The number of carbonyl (C=O) groups excluding carboxylic acids is 2. The van der Waals surface area contributed by atoms with Gasteiger partial charge in [-0.3, -0.25) is 14.5 Å². The second-order valence-electron chi connectivity index (χ2n) is 11.5. The summed E-state index contributed by atoms with van der Waals surface area (Å²) in [6.07, 6.45) is 4.75. The Kier molecular flexibility index (Phi) is 9.60. The maximum atomic E-state index is 14.2. The fourth-order valence-electron chi connectivity index (χ4n) is 6.13. The standard InChI is InChI=1S/C36H39N5O3/c42-35(40-34(23-31-24-37-25-39-31)36(43)38-15-16-41-17-19-44-20-18-41)30(21-28-11-5-9-26-7-1-3-13-32(26)28)22-29-12-6-10-27-8-2-4-14-33(27)29/h1-14,24-25,30,34H,15-23H2,(H,37,39)(H,38,43)(H,40,42)/t34-/m0/s1. The first-order valence-corrected chi connectivity index (χ1v) is 15.4. The van der Waals surface area contributed by atoms with Crippen molar-refractivity contribution in [1.29, 1.82) is 0 Å². The molecule has 2 heterocycles. The summed E-state index contributed by atoms with van der Waals surface area (Å²) < 4.78 is 5.44. The highest BCUT2D eigenvalue weighted by Crippen LogP contribution is 2.26. The SMILES string of the molecule is O=C(N[C@@H](Cc1c[nH]cn1)C(=O)NCCN1CCOCC1)C(Cc1cccc2ccccc12)Cc1cccc2ccccc12. The lowest BCUT2D eigenvalue weighted by Crippen LogP contribution is -2.51. The predicted octanol–water partition coefficient (Wildman–Crippen LogP) is 4.29. The van der Waals surface area contributed by atoms with Gasteiger partial charge < -0.3 is 20.4 Å². The van der Waals surface area contributed by atoms with Crippen molar-refractivity contribution in [2.45, 2.75) is 25.3 Å². The number of nitrogens with one attached hydrogen (secondary N) is 3. The summed E-state index contributed by atoms with van der Waals surface area (Å²) in [5.41, 5.74) is 2.95. The van der Waals surface area contributed by atoms with Crippen LogP contribution in [0, 0.1) is 5.92 Å². The number of ether oxygens (including phenoxy) is 1. The number of imidazole rings is 1. The number of amides is 2. The van der Waals surface area contributed by atoms with Crippen LogP contribution < -0.4 is 10.6 Å². The Morgan fingerprint density at radius 2 is 1.41 bits per heavy atom. The second-order valence-corrected chi connectivity index (χ2v) is 11.5. The first-order valence-electron chi connectivity index (χ1n) is 15.4. The van der Waals surface area contributed by atoms with E-state index in [1.165, 1.54) is 0 Å². The highest BCUT2D eigenvalue weighted by atomic mass is 16.5. The van der Waals surface area contributed by atoms with E-state index in [0.717, 1.165) is 58.0 Å². The molecule has 8 nitrogen and oxygen atoms in total. The van der Waals surface area contributed by atoms with Crippen molar-refractivity contribution in [2.24, 2.45) is 5.92 Å². The van der Waals surface area contributed by atoms with Crippen molar-refractivity contribution < 1.29 is 14.3 Å². The molecule has 5 aromatic rings. The van der Waals surface area contributed by atoms with E-state index in [4.69, 9.17) is 4.74 Å². The van der Waals surface area contributed by atoms with Crippen LogP contribution in [0.3, 0.4) is 0 Å². The van der Waals surface area contributed by atoms with E-state index in [-0.39, 0.29) is 11.8 Å². The van der Waals surface area contributed by atoms with Crippen LogP contribution in [0.4, 0.5) is 0 Å². The van der Waals surface area contributed by atoms with Gasteiger partial charge in [0.25, 0.3) is 0 Å². The minimum absolute atomic E-state index is 0.144. The largest absolute Gasteiger partial charge is 0.379 e. The highest BCUT2D eigenvalue weighted by Gasteiger charge is 2.28. The molecule has 0 radical (unpaired) electrons. The van der Waals surface area contributed by atoms with Crippen LogP contribution in [0.2, 0.25) is 0 Å². The molecule has 1 aliphatic rings. The molecule has 44 heavy (non-hydrogen) atoms. The zero-order valence-electron chi connectivity index (χ0n) is 24.9. The van der Waals surface area contributed by atoms with Crippen LogP contribution in [0.15, 0.2) is 97.5 Å². The molecule has 1 atom stereocenters. The number of fused-ring (bicyclic) bond motifs is 2. The second kappa shape index (κ2) is 14.3. The summed E-state index contributed by atoms with van der Waals surface area (Å²) >= 11 is 0. The maximum Gasteiger partial charge on any atom is 0.243 e. The Bertz CT molecular complexity index is 1610. The van der Waals surface area contributed by atoms with Crippen molar-refractivity contribution in [3.63, 3.8) is 0 Å². The lowest BCUT2D eigenvalue weighted by atomic mass is 9.87. The van der Waals surface area contributed by atoms with Crippen molar-refractivity contribution in [3.8, 4) is 0 Å². The van der Waals surface area contributed by atoms with Gasteiger partial charge in [-0.05, 0) is 45.5 Å². The molecule has 226 valence electrons. The van der Waals surface area contributed by atoms with E-state index in [1.807, 2.05) is 36.4 Å². The van der Waals surface area contributed by atoms with Crippen LogP contribution in [0.5, 0.6) is 0 Å². The molecular formula is C36H39N5O3. The van der Waals surface area contributed by atoms with Gasteiger partial charge in [-0.1, -0.05) is 84.9 Å². The van der Waals surface area contributed by atoms with E-state index >= 15 is 0 Å². The van der Waals surface area contributed by atoms with Crippen molar-refractivity contribution in [2.75, 3.05) is 39.4 Å². The monoisotopic (exact) mass is 589 g/mol. The van der Waals surface area contributed by atoms with Crippen LogP contribution in [0.1, 0.15) is 16.8 Å². The quantitative estimate of drug-likeness (QED) is 0.202. The van der Waals surface area contributed by atoms with Gasteiger partial charge in [0, 0.05) is 44.7 Å². The summed E-state index contributed by atoms with van der Waals surface area (Å²) in [5.74, 6) is -0.743. The van der Waals surface area contributed by atoms with Gasteiger partial charge in [-0.25, -0.2) is 4.98 Å². The van der Waals surface area contributed by atoms with Crippen LogP contribution in [0.25, 0.3) is 21.5 Å². The normalized spacial score (nSPS) is 14.6. The first-order chi connectivity index (χ1) is 21.6. The Morgan fingerprint density at radius 3 is 2.02 bits per heavy atom. The predicted molar refractivity (Wildman–Crippen MR) is 173 cm³/mol. The number of aromatic amines is 1. The average molecular weight is 590 g/mol. The third kappa shape index (κ3) is 7.33. The fraction of sp³-hybridized carbons (Fsp3) is 0.306. The van der Waals surface area contributed by atoms with Gasteiger partial charge >= 0.3 is 0 Å². The zero-order chi connectivity index (χ0) is 30.1. The van der Waals surface area contributed by atoms with E-state index in [0.29, 0.717) is 39.0 Å². The number of benzene rings is 4. The zero-order valence-corrected chi connectivity index (χ0v) is 24.9. The van der Waals surface area contributed by atoms with Gasteiger partial charge in [0.1, 0.15) is 6.04 Å². The number of H-pyrrole nitrogens is 1. The van der Waals surface area contributed by atoms with Gasteiger partial charge in [0.2, 0.25) is 11.8 Å². The topological polar surface area (TPSA) is 99.3 Å². The van der Waals surface area contributed by atoms with E-state index in [2.05, 4.69) is 74.0 Å². The van der Waals surface area contributed by atoms with E-state index in [1.54, 1.807) is 12.5 Å². The number of rotatable bonds is 12. The van der Waals surface area contributed by atoms with Gasteiger partial charge in [0.05, 0.1) is 25.2 Å². The molecule has 0 unspecified atom stereocenters. The maximum absolute atomic E-state index is 14.2. The molecule has 0 spiro atoms. The summed E-state index contributed by atoms with van der Waals surface area (Å²) in [6.45, 7) is 4.37. The van der Waals surface area contributed by atoms with Gasteiger partial charge in [-0.15, -0.1) is 0 Å². The number of morpholine rings is 1. The Hall–Kier alpha value is -4.53. The fourth-order valence-corrected chi connectivity index (χ4v) is 6.13. The molecule has 1 saturated heterocycles. The summed E-state index contributed by atoms with van der Waals surface area (Å²) in [4.78, 5) is 37.3. The smallest absolute Gasteiger partial charge is 0.243 e. The molecule has 8 heteroatoms. The summed E-state index contributed by atoms with van der Waals surface area (Å²) in [6, 6.07) is 28.3. The minimum atomic E-state index is -0.752. The number of hydrogen-bond donors (Lipinski definition) is 3. The van der Waals surface area contributed by atoms with Crippen molar-refractivity contribution >= 4 is 33.4 Å². The number of hydrogen-bond acceptors (Lipinski definition) is 5. The lowest BCUT2D eigenvalue weighted by molar-refractivity contribution is -0.131. The molecule has 1 aromatic heterocycles. The van der Waals surface area contributed by atoms with Gasteiger partial charge in [0.15, 0.2) is 0 Å². The molecule has 0 aliphatic carbocycles. The molecule has 6 rings (SSSR count). The number of aromatic nitrogens is 2. The Balaban J connectivity index is 1.25. The molecule has 4 aromatic carbocycles. The Labute approximate surface area is 257 Å². The molecule has 3 N–H and O–H groups in total. The third-order valence-electron chi connectivity index (χ3n) is 8.50. The first kappa shape index (κ1) is 29.5. The average Bonchev–Trinajstić information content (AvgIpc) is 3.58. The van der Waals surface area contributed by atoms with Gasteiger partial charge in [-0.2, -0.15) is 0 Å². The Morgan fingerprint density at radius 1 is 0.795 bits per heavy atom. The molecule has 0 bridgehead atoms. The summed E-state index contributed by atoms with van der Waals surface area (Å²) in [7, 11) is 0. The minimum Gasteiger partial charge on any atom is -0.379 e. The van der Waals surface area contributed by atoms with Crippen LogP contribution in [-0.4, -0.2) is 72.1 Å².